The molecule has 0 saturated carbocycles. The van der Waals surface area contributed by atoms with Crippen molar-refractivity contribution in [1.82, 2.24) is 20.5 Å². The SMILES string of the molecule is CN(CC1CCNC1)c1ccc(-c2cc[nH]c2)nn1. The molecule has 3 rings (SSSR count). The van der Waals surface area contributed by atoms with Crippen LogP contribution in [0.15, 0.2) is 30.6 Å². The molecule has 19 heavy (non-hydrogen) atoms. The summed E-state index contributed by atoms with van der Waals surface area (Å²) in [6, 6.07) is 6.06. The van der Waals surface area contributed by atoms with E-state index in [4.69, 9.17) is 0 Å². The van der Waals surface area contributed by atoms with E-state index in [1.807, 2.05) is 30.6 Å². The molecule has 0 amide bonds. The zero-order chi connectivity index (χ0) is 13.1. The standard InChI is InChI=1S/C14H19N5/c1-19(10-11-4-6-15-8-11)14-3-2-13(17-18-14)12-5-7-16-9-12/h2-3,5,7,9,11,15-16H,4,6,8,10H2,1H3. The van der Waals surface area contributed by atoms with E-state index in [0.29, 0.717) is 0 Å². The quantitative estimate of drug-likeness (QED) is 0.872. The predicted octanol–water partition coefficient (Wildman–Crippen LogP) is 1.52. The molecule has 0 aliphatic carbocycles. The predicted molar refractivity (Wildman–Crippen MR) is 76.1 cm³/mol. The van der Waals surface area contributed by atoms with Crippen molar-refractivity contribution in [3.8, 4) is 11.3 Å². The van der Waals surface area contributed by atoms with E-state index in [9.17, 15) is 0 Å². The number of nitrogens with zero attached hydrogens (tertiary/aromatic N) is 3. The van der Waals surface area contributed by atoms with Crippen LogP contribution in [0.2, 0.25) is 0 Å². The Morgan fingerprint density at radius 1 is 1.32 bits per heavy atom. The van der Waals surface area contributed by atoms with Crippen molar-refractivity contribution in [3.05, 3.63) is 30.6 Å². The van der Waals surface area contributed by atoms with E-state index < -0.39 is 0 Å². The number of aromatic amines is 1. The van der Waals surface area contributed by atoms with Crippen molar-refractivity contribution in [1.29, 1.82) is 0 Å². The van der Waals surface area contributed by atoms with Gasteiger partial charge < -0.3 is 15.2 Å². The van der Waals surface area contributed by atoms with Crippen molar-refractivity contribution in [2.24, 2.45) is 5.92 Å². The minimum absolute atomic E-state index is 0.719. The monoisotopic (exact) mass is 257 g/mol. The Morgan fingerprint density at radius 2 is 2.26 bits per heavy atom. The second-order valence-corrected chi connectivity index (χ2v) is 5.12. The highest BCUT2D eigenvalue weighted by Crippen LogP contribution is 2.18. The van der Waals surface area contributed by atoms with E-state index in [1.165, 1.54) is 6.42 Å². The third kappa shape index (κ3) is 2.76. The van der Waals surface area contributed by atoms with Gasteiger partial charge in [0, 0.05) is 31.5 Å². The number of aromatic nitrogens is 3. The second-order valence-electron chi connectivity index (χ2n) is 5.12. The third-order valence-electron chi connectivity index (χ3n) is 3.63. The van der Waals surface area contributed by atoms with Gasteiger partial charge in [-0.25, -0.2) is 0 Å². The fourth-order valence-electron chi connectivity index (χ4n) is 2.52. The van der Waals surface area contributed by atoms with Crippen LogP contribution in [0.5, 0.6) is 0 Å². The zero-order valence-corrected chi connectivity index (χ0v) is 11.1. The molecular weight excluding hydrogens is 238 g/mol. The molecule has 0 radical (unpaired) electrons. The highest BCUT2D eigenvalue weighted by molar-refractivity contribution is 5.58. The van der Waals surface area contributed by atoms with Crippen LogP contribution in [0.1, 0.15) is 6.42 Å². The molecule has 1 aliphatic heterocycles. The Balaban J connectivity index is 1.67. The summed E-state index contributed by atoms with van der Waals surface area (Å²) in [5.74, 6) is 1.65. The number of anilines is 1. The molecule has 1 saturated heterocycles. The van der Waals surface area contributed by atoms with Crippen LogP contribution in [0, 0.1) is 5.92 Å². The Morgan fingerprint density at radius 3 is 2.89 bits per heavy atom. The summed E-state index contributed by atoms with van der Waals surface area (Å²) < 4.78 is 0. The first-order valence-corrected chi connectivity index (χ1v) is 6.71. The summed E-state index contributed by atoms with van der Waals surface area (Å²) in [6.07, 6.45) is 5.07. The second kappa shape index (κ2) is 5.40. The van der Waals surface area contributed by atoms with E-state index in [0.717, 1.165) is 42.6 Å². The lowest BCUT2D eigenvalue weighted by molar-refractivity contribution is 0.574. The minimum atomic E-state index is 0.719. The Kier molecular flexibility index (Phi) is 3.46. The van der Waals surface area contributed by atoms with Crippen molar-refractivity contribution < 1.29 is 0 Å². The van der Waals surface area contributed by atoms with Gasteiger partial charge in [-0.3, -0.25) is 0 Å². The number of rotatable bonds is 4. The van der Waals surface area contributed by atoms with Crippen LogP contribution in [-0.4, -0.2) is 41.9 Å². The summed E-state index contributed by atoms with van der Waals surface area (Å²) in [6.45, 7) is 3.28. The molecule has 3 heterocycles. The van der Waals surface area contributed by atoms with Crippen LogP contribution in [0.4, 0.5) is 5.82 Å². The smallest absolute Gasteiger partial charge is 0.151 e. The number of hydrogen-bond acceptors (Lipinski definition) is 4. The third-order valence-corrected chi connectivity index (χ3v) is 3.63. The first-order valence-electron chi connectivity index (χ1n) is 6.71. The van der Waals surface area contributed by atoms with Gasteiger partial charge in [-0.1, -0.05) is 0 Å². The molecule has 5 heteroatoms. The average Bonchev–Trinajstić information content (AvgIpc) is 3.12. The maximum atomic E-state index is 4.32. The lowest BCUT2D eigenvalue weighted by Crippen LogP contribution is -2.27. The maximum Gasteiger partial charge on any atom is 0.151 e. The van der Waals surface area contributed by atoms with Crippen LogP contribution in [-0.2, 0) is 0 Å². The molecule has 1 aliphatic rings. The van der Waals surface area contributed by atoms with Crippen LogP contribution in [0.3, 0.4) is 0 Å². The lowest BCUT2D eigenvalue weighted by Gasteiger charge is -2.21. The van der Waals surface area contributed by atoms with Gasteiger partial charge in [0.25, 0.3) is 0 Å². The highest BCUT2D eigenvalue weighted by atomic mass is 15.2. The van der Waals surface area contributed by atoms with E-state index in [2.05, 4.69) is 32.4 Å². The van der Waals surface area contributed by atoms with Gasteiger partial charge in [-0.05, 0) is 43.6 Å². The van der Waals surface area contributed by atoms with E-state index in [-0.39, 0.29) is 0 Å². The van der Waals surface area contributed by atoms with Crippen LogP contribution >= 0.6 is 0 Å². The van der Waals surface area contributed by atoms with Gasteiger partial charge in [0.2, 0.25) is 0 Å². The van der Waals surface area contributed by atoms with E-state index >= 15 is 0 Å². The fraction of sp³-hybridized carbons (Fsp3) is 0.429. The molecule has 0 bridgehead atoms. The van der Waals surface area contributed by atoms with Gasteiger partial charge in [0.05, 0.1) is 5.69 Å². The summed E-state index contributed by atoms with van der Waals surface area (Å²) >= 11 is 0. The molecule has 0 aromatic carbocycles. The molecule has 1 fully saturated rings. The molecule has 2 aromatic heterocycles. The zero-order valence-electron chi connectivity index (χ0n) is 11.1. The highest BCUT2D eigenvalue weighted by Gasteiger charge is 2.17. The number of hydrogen-bond donors (Lipinski definition) is 2. The largest absolute Gasteiger partial charge is 0.367 e. The lowest BCUT2D eigenvalue weighted by atomic mass is 10.1. The number of nitrogens with one attached hydrogen (secondary N) is 2. The fourth-order valence-corrected chi connectivity index (χ4v) is 2.52. The normalized spacial score (nSPS) is 18.7. The summed E-state index contributed by atoms with van der Waals surface area (Å²) in [4.78, 5) is 5.21. The molecule has 5 nitrogen and oxygen atoms in total. The molecule has 1 unspecified atom stereocenters. The van der Waals surface area contributed by atoms with Crippen LogP contribution < -0.4 is 10.2 Å². The molecular formula is C14H19N5. The maximum absolute atomic E-state index is 4.32. The first-order chi connectivity index (χ1) is 9.33. The topological polar surface area (TPSA) is 56.8 Å². The van der Waals surface area contributed by atoms with Gasteiger partial charge in [-0.2, -0.15) is 0 Å². The average molecular weight is 257 g/mol. The molecule has 2 N–H and O–H groups in total. The molecule has 100 valence electrons. The van der Waals surface area contributed by atoms with Gasteiger partial charge in [0.1, 0.15) is 0 Å². The first kappa shape index (κ1) is 12.2. The van der Waals surface area contributed by atoms with Gasteiger partial charge >= 0.3 is 0 Å². The Bertz CT molecular complexity index is 499. The Labute approximate surface area is 113 Å². The summed E-state index contributed by atoms with van der Waals surface area (Å²) in [5.41, 5.74) is 1.97. The molecule has 1 atom stereocenters. The Hall–Kier alpha value is -1.88. The van der Waals surface area contributed by atoms with Gasteiger partial charge in [-0.15, -0.1) is 10.2 Å². The summed E-state index contributed by atoms with van der Waals surface area (Å²) in [5, 5.41) is 12.0. The van der Waals surface area contributed by atoms with Crippen molar-refractivity contribution in [3.63, 3.8) is 0 Å². The van der Waals surface area contributed by atoms with E-state index in [1.54, 1.807) is 0 Å². The van der Waals surface area contributed by atoms with Crippen molar-refractivity contribution in [2.45, 2.75) is 6.42 Å². The number of H-pyrrole nitrogens is 1. The van der Waals surface area contributed by atoms with Crippen LogP contribution in [0.25, 0.3) is 11.3 Å². The van der Waals surface area contributed by atoms with Crippen molar-refractivity contribution in [2.75, 3.05) is 31.6 Å². The minimum Gasteiger partial charge on any atom is -0.367 e. The molecule has 0 spiro atoms. The van der Waals surface area contributed by atoms with Gasteiger partial charge in [0.15, 0.2) is 5.82 Å². The summed E-state index contributed by atoms with van der Waals surface area (Å²) in [7, 11) is 2.08. The molecule has 2 aromatic rings. The van der Waals surface area contributed by atoms with Crippen molar-refractivity contribution >= 4 is 5.82 Å².